The molecule has 18 heteroatoms. The summed E-state index contributed by atoms with van der Waals surface area (Å²) in [5.41, 5.74) is -3.65. The van der Waals surface area contributed by atoms with Gasteiger partial charge in [0.1, 0.15) is 41.5 Å². The molecule has 0 bridgehead atoms. The number of hydrogen-bond acceptors (Lipinski definition) is 18. The first kappa shape index (κ1) is 43.3. The van der Waals surface area contributed by atoms with Crippen molar-refractivity contribution in [3.8, 4) is 17.2 Å². The standard InChI is InChI=1S/C41H53NO17/c1-7-41(52)14-25(29-18(33(41)40(51)53-6)10-19-30(36(29)49)37(50)32-22(44)9-8-21(43)31(32)35(19)48)57-26-11-20(42-5)38(16(3)55-26)58-28-13-24(46)39(17(4)56-28)59-27-12-23(45)34(47)15(2)54-27/h8-10,15-17,20,23-28,33-34,38-39,42-47,49,52H,7,11-14H2,1-6H3/t15-,16-,17-,20-,23-,24-,25+,26+,27+,28+,33-,34+,38+,39+,41-/m1/s1. The van der Waals surface area contributed by atoms with Gasteiger partial charge in [0.15, 0.2) is 24.7 Å². The van der Waals surface area contributed by atoms with Crippen LogP contribution in [0.25, 0.3) is 0 Å². The molecule has 2 aromatic carbocycles. The Hall–Kier alpha value is -3.79. The maximum absolute atomic E-state index is 13.9. The van der Waals surface area contributed by atoms with Gasteiger partial charge >= 0.3 is 5.97 Å². The smallest absolute Gasteiger partial charge is 0.316 e. The number of methoxy groups -OCH3 is 1. The molecule has 2 aliphatic carbocycles. The first-order valence-corrected chi connectivity index (χ1v) is 19.9. The van der Waals surface area contributed by atoms with Gasteiger partial charge < -0.3 is 74.2 Å². The van der Waals surface area contributed by atoms with Crippen LogP contribution in [0.2, 0.25) is 0 Å². The Labute approximate surface area is 339 Å². The van der Waals surface area contributed by atoms with Crippen LogP contribution < -0.4 is 5.32 Å². The van der Waals surface area contributed by atoms with E-state index in [1.165, 1.54) is 6.07 Å². The van der Waals surface area contributed by atoms with E-state index in [1.807, 2.05) is 0 Å². The highest BCUT2D eigenvalue weighted by Gasteiger charge is 2.54. The summed E-state index contributed by atoms with van der Waals surface area (Å²) < 4.78 is 42.2. The van der Waals surface area contributed by atoms with Crippen LogP contribution in [0.15, 0.2) is 18.2 Å². The van der Waals surface area contributed by atoms with E-state index in [9.17, 15) is 50.1 Å². The van der Waals surface area contributed by atoms with Gasteiger partial charge in [0.2, 0.25) is 5.78 Å². The lowest BCUT2D eigenvalue weighted by atomic mass is 9.67. The Kier molecular flexibility index (Phi) is 12.2. The van der Waals surface area contributed by atoms with Crippen LogP contribution in [0.5, 0.6) is 17.2 Å². The zero-order chi connectivity index (χ0) is 42.8. The summed E-state index contributed by atoms with van der Waals surface area (Å²) in [6.07, 6.45) is -10.6. The number of carbonyl (C=O) groups excluding carboxylic acids is 3. The number of carbonyl (C=O) groups is 3. The number of aliphatic hydroxyl groups is 4. The summed E-state index contributed by atoms with van der Waals surface area (Å²) in [4.78, 5) is 41.2. The largest absolute Gasteiger partial charge is 0.507 e. The Morgan fingerprint density at radius 3 is 1.95 bits per heavy atom. The molecule has 7 rings (SSSR count). The summed E-state index contributed by atoms with van der Waals surface area (Å²) >= 11 is 0. The number of ether oxygens (including phenoxy) is 7. The number of rotatable bonds is 9. The second-order valence-corrected chi connectivity index (χ2v) is 16.1. The van der Waals surface area contributed by atoms with Crippen LogP contribution in [0.4, 0.5) is 0 Å². The maximum atomic E-state index is 13.9. The van der Waals surface area contributed by atoms with Crippen molar-refractivity contribution in [3.05, 3.63) is 51.6 Å². The lowest BCUT2D eigenvalue weighted by molar-refractivity contribution is -0.329. The fourth-order valence-corrected chi connectivity index (χ4v) is 9.32. The van der Waals surface area contributed by atoms with Crippen molar-refractivity contribution in [2.24, 2.45) is 0 Å². The molecule has 2 aromatic rings. The van der Waals surface area contributed by atoms with Crippen molar-refractivity contribution in [2.75, 3.05) is 14.2 Å². The molecule has 15 atom stereocenters. The topological polar surface area (TPSA) is 269 Å². The third kappa shape index (κ3) is 7.63. The van der Waals surface area contributed by atoms with E-state index < -0.39 is 143 Å². The Morgan fingerprint density at radius 2 is 1.37 bits per heavy atom. The van der Waals surface area contributed by atoms with E-state index in [2.05, 4.69) is 5.32 Å². The van der Waals surface area contributed by atoms with Crippen LogP contribution >= 0.6 is 0 Å². The van der Waals surface area contributed by atoms with Crippen molar-refractivity contribution in [3.63, 3.8) is 0 Å². The number of aliphatic hydroxyl groups excluding tert-OH is 3. The number of phenols is 3. The summed E-state index contributed by atoms with van der Waals surface area (Å²) in [5.74, 6) is -5.96. The average Bonchev–Trinajstić information content (AvgIpc) is 3.18. The number of fused-ring (bicyclic) bond motifs is 3. The Morgan fingerprint density at radius 1 is 0.814 bits per heavy atom. The zero-order valence-electron chi connectivity index (χ0n) is 33.6. The fraction of sp³-hybridized carbons (Fsp3) is 0.634. The molecule has 0 saturated carbocycles. The molecule has 0 unspecified atom stereocenters. The van der Waals surface area contributed by atoms with Crippen LogP contribution in [0, 0.1) is 0 Å². The maximum Gasteiger partial charge on any atom is 0.316 e. The molecule has 0 radical (unpaired) electrons. The quantitative estimate of drug-likeness (QED) is 0.111. The van der Waals surface area contributed by atoms with Crippen LogP contribution in [0.3, 0.4) is 0 Å². The number of esters is 1. The van der Waals surface area contributed by atoms with Crippen molar-refractivity contribution in [1.82, 2.24) is 5.32 Å². The minimum Gasteiger partial charge on any atom is -0.507 e. The normalized spacial score (nSPS) is 38.3. The van der Waals surface area contributed by atoms with Crippen LogP contribution in [0.1, 0.15) is 115 Å². The van der Waals surface area contributed by atoms with Crippen molar-refractivity contribution in [1.29, 1.82) is 0 Å². The zero-order valence-corrected chi connectivity index (χ0v) is 33.6. The molecule has 3 heterocycles. The molecule has 3 aliphatic heterocycles. The minimum absolute atomic E-state index is 0.0146. The second-order valence-electron chi connectivity index (χ2n) is 16.1. The molecule has 324 valence electrons. The Bertz CT molecular complexity index is 1930. The first-order valence-electron chi connectivity index (χ1n) is 19.9. The molecule has 5 aliphatic rings. The van der Waals surface area contributed by atoms with Gasteiger partial charge in [-0.05, 0) is 58.0 Å². The van der Waals surface area contributed by atoms with E-state index in [4.69, 9.17) is 33.2 Å². The average molecular weight is 832 g/mol. The molecule has 0 spiro atoms. The number of benzene rings is 2. The SMILES string of the molecule is CC[C@@]1(O)C[C@H](O[C@H]2C[C@@H](NC)[C@@H](O[C@H]3C[C@@H](O)[C@@H](O[C@H]4C[C@@H](O)[C@@H](O)[C@@H](C)O4)[C@@H](C)O3)[C@@H](C)O2)c2c(cc3c(c2O)C(=O)c2c(O)ccc(O)c2C3=O)[C@@H]1C(=O)OC. The molecule has 59 heavy (non-hydrogen) atoms. The number of phenolic OH excluding ortho intramolecular Hbond substituents is 3. The fourth-order valence-electron chi connectivity index (χ4n) is 9.32. The Balaban J connectivity index is 1.12. The first-order chi connectivity index (χ1) is 27.9. The van der Waals surface area contributed by atoms with Gasteiger partial charge in [0.05, 0.1) is 66.0 Å². The predicted octanol–water partition coefficient (Wildman–Crippen LogP) is 1.28. The van der Waals surface area contributed by atoms with E-state index in [0.717, 1.165) is 19.2 Å². The van der Waals surface area contributed by atoms with E-state index in [-0.39, 0.29) is 48.8 Å². The third-order valence-electron chi connectivity index (χ3n) is 12.5. The van der Waals surface area contributed by atoms with Crippen molar-refractivity contribution < 1.29 is 83.3 Å². The molecule has 3 fully saturated rings. The highest BCUT2D eigenvalue weighted by molar-refractivity contribution is 6.31. The second kappa shape index (κ2) is 16.6. The van der Waals surface area contributed by atoms with Gasteiger partial charge in [-0.15, -0.1) is 0 Å². The van der Waals surface area contributed by atoms with Gasteiger partial charge in [-0.1, -0.05) is 6.92 Å². The minimum atomic E-state index is -1.82. The summed E-state index contributed by atoms with van der Waals surface area (Å²) in [7, 11) is 2.85. The summed E-state index contributed by atoms with van der Waals surface area (Å²) in [6.45, 7) is 6.74. The van der Waals surface area contributed by atoms with Crippen molar-refractivity contribution >= 4 is 17.5 Å². The summed E-state index contributed by atoms with van der Waals surface area (Å²) in [5, 5.41) is 79.8. The van der Waals surface area contributed by atoms with E-state index in [0.29, 0.717) is 0 Å². The van der Waals surface area contributed by atoms with Gasteiger partial charge in [0.25, 0.3) is 0 Å². The lowest BCUT2D eigenvalue weighted by Gasteiger charge is -2.47. The van der Waals surface area contributed by atoms with Gasteiger partial charge in [-0.3, -0.25) is 14.4 Å². The highest BCUT2D eigenvalue weighted by atomic mass is 16.7. The lowest BCUT2D eigenvalue weighted by Crippen LogP contribution is -2.58. The molecule has 0 amide bonds. The highest BCUT2D eigenvalue weighted by Crippen LogP contribution is 2.54. The number of aromatic hydroxyl groups is 3. The van der Waals surface area contributed by atoms with Crippen LogP contribution in [-0.2, 0) is 38.0 Å². The van der Waals surface area contributed by atoms with E-state index in [1.54, 1.807) is 34.7 Å². The van der Waals surface area contributed by atoms with Crippen molar-refractivity contribution in [2.45, 2.75) is 151 Å². The third-order valence-corrected chi connectivity index (χ3v) is 12.5. The predicted molar refractivity (Wildman–Crippen MR) is 201 cm³/mol. The number of nitrogens with one attached hydrogen (secondary N) is 1. The molecule has 3 saturated heterocycles. The number of likely N-dealkylation sites (N-methyl/N-ethyl adjacent to an activating group) is 1. The van der Waals surface area contributed by atoms with Gasteiger partial charge in [-0.25, -0.2) is 0 Å². The summed E-state index contributed by atoms with van der Waals surface area (Å²) in [6, 6.07) is 2.91. The van der Waals surface area contributed by atoms with Gasteiger partial charge in [0, 0.05) is 42.9 Å². The van der Waals surface area contributed by atoms with Crippen LogP contribution in [-0.4, -0.2) is 147 Å². The molecule has 8 N–H and O–H groups in total. The van der Waals surface area contributed by atoms with Gasteiger partial charge in [-0.2, -0.15) is 0 Å². The number of ketones is 2. The number of hydrogen-bond donors (Lipinski definition) is 8. The molecule has 0 aromatic heterocycles. The monoisotopic (exact) mass is 831 g/mol. The molecular weight excluding hydrogens is 778 g/mol. The van der Waals surface area contributed by atoms with E-state index >= 15 is 0 Å². The molecular formula is C41H53NO17. The molecule has 18 nitrogen and oxygen atoms in total.